The third-order valence-corrected chi connectivity index (χ3v) is 4.64. The summed E-state index contributed by atoms with van der Waals surface area (Å²) in [6, 6.07) is 0.668. The van der Waals surface area contributed by atoms with Crippen molar-refractivity contribution in [3.63, 3.8) is 0 Å². The first-order valence-electron chi connectivity index (χ1n) is 7.15. The van der Waals surface area contributed by atoms with Crippen LogP contribution in [0.2, 0.25) is 5.15 Å². The van der Waals surface area contributed by atoms with Gasteiger partial charge in [-0.05, 0) is 33.2 Å². The highest BCUT2D eigenvalue weighted by molar-refractivity contribution is 6.31. The number of piperidine rings is 1. The Bertz CT molecular complexity index is 477. The average molecular weight is 281 g/mol. The van der Waals surface area contributed by atoms with Crippen LogP contribution in [-0.2, 0) is 0 Å². The Labute approximate surface area is 119 Å². The molecule has 1 atom stereocenters. The topological polar surface area (TPSA) is 32.3 Å². The molecule has 4 nitrogen and oxygen atoms in total. The predicted molar refractivity (Wildman–Crippen MR) is 77.9 cm³/mol. The van der Waals surface area contributed by atoms with Crippen LogP contribution >= 0.6 is 11.6 Å². The first kappa shape index (κ1) is 13.1. The first-order valence-corrected chi connectivity index (χ1v) is 7.52. The van der Waals surface area contributed by atoms with Crippen LogP contribution < -0.4 is 4.90 Å². The van der Waals surface area contributed by atoms with Gasteiger partial charge in [-0.3, -0.25) is 4.90 Å². The fourth-order valence-electron chi connectivity index (χ4n) is 3.11. The number of piperazine rings is 1. The van der Waals surface area contributed by atoms with Crippen molar-refractivity contribution in [3.05, 3.63) is 16.5 Å². The number of halogens is 1. The van der Waals surface area contributed by atoms with Crippen molar-refractivity contribution in [3.8, 4) is 0 Å². The zero-order chi connectivity index (χ0) is 13.4. The molecule has 2 aliphatic rings. The maximum absolute atomic E-state index is 6.28. The van der Waals surface area contributed by atoms with E-state index in [-0.39, 0.29) is 0 Å². The van der Waals surface area contributed by atoms with Crippen molar-refractivity contribution in [2.75, 3.05) is 31.1 Å². The van der Waals surface area contributed by atoms with E-state index in [1.165, 1.54) is 25.8 Å². The van der Waals surface area contributed by atoms with E-state index in [1.54, 1.807) is 0 Å². The van der Waals surface area contributed by atoms with Crippen LogP contribution in [0, 0.1) is 13.8 Å². The summed E-state index contributed by atoms with van der Waals surface area (Å²) in [5, 5.41) is 0.548. The fraction of sp³-hybridized carbons (Fsp3) is 0.714. The highest BCUT2D eigenvalue weighted by Crippen LogP contribution is 2.28. The maximum Gasteiger partial charge on any atom is 0.171 e. The van der Waals surface area contributed by atoms with E-state index in [9.17, 15) is 0 Å². The van der Waals surface area contributed by atoms with Gasteiger partial charge in [0.25, 0.3) is 0 Å². The molecule has 19 heavy (non-hydrogen) atoms. The van der Waals surface area contributed by atoms with Gasteiger partial charge in [-0.2, -0.15) is 0 Å². The molecular formula is C14H21ClN4. The average Bonchev–Trinajstić information content (AvgIpc) is 2.42. The minimum absolute atomic E-state index is 0.548. The second-order valence-electron chi connectivity index (χ2n) is 5.64. The van der Waals surface area contributed by atoms with E-state index in [0.29, 0.717) is 11.2 Å². The predicted octanol–water partition coefficient (Wildman–Crippen LogP) is 2.42. The number of nitrogens with zero attached hydrogens (tertiary/aromatic N) is 4. The Morgan fingerprint density at radius 3 is 2.68 bits per heavy atom. The van der Waals surface area contributed by atoms with Gasteiger partial charge in [-0.15, -0.1) is 0 Å². The monoisotopic (exact) mass is 280 g/mol. The summed E-state index contributed by atoms with van der Waals surface area (Å²) in [7, 11) is 0. The van der Waals surface area contributed by atoms with Gasteiger partial charge in [0.1, 0.15) is 0 Å². The van der Waals surface area contributed by atoms with Gasteiger partial charge in [0, 0.05) is 25.7 Å². The Morgan fingerprint density at radius 1 is 1.05 bits per heavy atom. The van der Waals surface area contributed by atoms with Crippen LogP contribution in [0.25, 0.3) is 0 Å². The van der Waals surface area contributed by atoms with E-state index in [4.69, 9.17) is 11.6 Å². The molecule has 1 aromatic rings. The maximum atomic E-state index is 6.28. The third-order valence-electron chi connectivity index (χ3n) is 4.38. The Kier molecular flexibility index (Phi) is 3.63. The molecule has 0 aliphatic carbocycles. The molecule has 0 N–H and O–H groups in total. The number of aryl methyl sites for hydroxylation is 2. The summed E-state index contributed by atoms with van der Waals surface area (Å²) in [5.74, 6) is 0.870. The third kappa shape index (κ3) is 2.56. The van der Waals surface area contributed by atoms with Crippen molar-refractivity contribution in [1.29, 1.82) is 0 Å². The molecule has 5 heteroatoms. The van der Waals surface area contributed by atoms with Crippen LogP contribution in [0.5, 0.6) is 0 Å². The van der Waals surface area contributed by atoms with Crippen LogP contribution in [0.1, 0.15) is 30.7 Å². The Hall–Kier alpha value is -0.870. The summed E-state index contributed by atoms with van der Waals surface area (Å²) in [6.07, 6.45) is 3.99. The first-order chi connectivity index (χ1) is 9.15. The molecule has 0 bridgehead atoms. The van der Waals surface area contributed by atoms with Gasteiger partial charge >= 0.3 is 0 Å². The minimum Gasteiger partial charge on any atom is -0.351 e. The smallest absolute Gasteiger partial charge is 0.171 e. The second-order valence-corrected chi connectivity index (χ2v) is 6.00. The quantitative estimate of drug-likeness (QED) is 0.791. The van der Waals surface area contributed by atoms with Crippen molar-refractivity contribution < 1.29 is 0 Å². The lowest BCUT2D eigenvalue weighted by Gasteiger charge is -2.44. The van der Waals surface area contributed by atoms with Crippen molar-refractivity contribution >= 4 is 17.4 Å². The second kappa shape index (κ2) is 5.25. The van der Waals surface area contributed by atoms with Gasteiger partial charge in [-0.25, -0.2) is 9.97 Å². The SMILES string of the molecule is Cc1nc(Cl)c(N2CCN3CCCCC3C2)nc1C. The number of fused-ring (bicyclic) bond motifs is 1. The van der Waals surface area contributed by atoms with Gasteiger partial charge in [0.2, 0.25) is 0 Å². The molecule has 0 amide bonds. The van der Waals surface area contributed by atoms with Crippen molar-refractivity contribution in [2.45, 2.75) is 39.2 Å². The molecule has 3 rings (SSSR count). The van der Waals surface area contributed by atoms with E-state index in [2.05, 4.69) is 19.8 Å². The molecule has 0 radical (unpaired) electrons. The Morgan fingerprint density at radius 2 is 1.84 bits per heavy atom. The lowest BCUT2D eigenvalue weighted by molar-refractivity contribution is 0.133. The van der Waals surface area contributed by atoms with Crippen LogP contribution in [0.3, 0.4) is 0 Å². The summed E-state index contributed by atoms with van der Waals surface area (Å²) in [5.41, 5.74) is 1.90. The molecule has 2 aliphatic heterocycles. The molecule has 2 saturated heterocycles. The normalized spacial score (nSPS) is 24.4. The molecular weight excluding hydrogens is 260 g/mol. The summed E-state index contributed by atoms with van der Waals surface area (Å²) in [6.45, 7) is 8.38. The minimum atomic E-state index is 0.548. The van der Waals surface area contributed by atoms with Crippen LogP contribution in [0.4, 0.5) is 5.82 Å². The number of hydrogen-bond donors (Lipinski definition) is 0. The molecule has 2 fully saturated rings. The number of hydrogen-bond acceptors (Lipinski definition) is 4. The van der Waals surface area contributed by atoms with E-state index in [1.807, 2.05) is 13.8 Å². The molecule has 0 spiro atoms. The van der Waals surface area contributed by atoms with Gasteiger partial charge in [0.15, 0.2) is 11.0 Å². The Balaban J connectivity index is 1.81. The van der Waals surface area contributed by atoms with Crippen molar-refractivity contribution in [2.24, 2.45) is 0 Å². The van der Waals surface area contributed by atoms with Gasteiger partial charge in [0.05, 0.1) is 11.4 Å². The molecule has 1 aromatic heterocycles. The molecule has 0 aromatic carbocycles. The lowest BCUT2D eigenvalue weighted by Crippen LogP contribution is -2.55. The highest BCUT2D eigenvalue weighted by atomic mass is 35.5. The lowest BCUT2D eigenvalue weighted by atomic mass is 9.99. The van der Waals surface area contributed by atoms with Crippen molar-refractivity contribution in [1.82, 2.24) is 14.9 Å². The van der Waals surface area contributed by atoms with Gasteiger partial charge in [-0.1, -0.05) is 18.0 Å². The van der Waals surface area contributed by atoms with Crippen LogP contribution in [-0.4, -0.2) is 47.1 Å². The van der Waals surface area contributed by atoms with E-state index >= 15 is 0 Å². The molecule has 1 unspecified atom stereocenters. The standard InChI is InChI=1S/C14H21ClN4/c1-10-11(2)17-14(13(15)16-10)19-8-7-18-6-4-3-5-12(18)9-19/h12H,3-9H2,1-2H3. The number of anilines is 1. The van der Waals surface area contributed by atoms with Gasteiger partial charge < -0.3 is 4.90 Å². The van der Waals surface area contributed by atoms with Crippen LogP contribution in [0.15, 0.2) is 0 Å². The zero-order valence-corrected chi connectivity index (χ0v) is 12.4. The molecule has 104 valence electrons. The highest BCUT2D eigenvalue weighted by Gasteiger charge is 2.30. The summed E-state index contributed by atoms with van der Waals surface area (Å²) >= 11 is 6.28. The summed E-state index contributed by atoms with van der Waals surface area (Å²) in [4.78, 5) is 14.0. The van der Waals surface area contributed by atoms with E-state index < -0.39 is 0 Å². The molecule has 3 heterocycles. The molecule has 0 saturated carbocycles. The number of rotatable bonds is 1. The largest absolute Gasteiger partial charge is 0.351 e. The summed E-state index contributed by atoms with van der Waals surface area (Å²) < 4.78 is 0. The zero-order valence-electron chi connectivity index (χ0n) is 11.7. The van der Waals surface area contributed by atoms with E-state index in [0.717, 1.165) is 36.8 Å². The number of aromatic nitrogens is 2. The fourth-order valence-corrected chi connectivity index (χ4v) is 3.40.